The van der Waals surface area contributed by atoms with Gasteiger partial charge in [0.15, 0.2) is 0 Å². The molecule has 1 aromatic rings. The molecule has 1 fully saturated rings. The molecule has 16 heavy (non-hydrogen) atoms. The van der Waals surface area contributed by atoms with E-state index in [1.807, 2.05) is 18.2 Å². The van der Waals surface area contributed by atoms with Crippen LogP contribution >= 0.6 is 31.9 Å². The van der Waals surface area contributed by atoms with Crippen LogP contribution in [0.4, 0.5) is 0 Å². The molecular weight excluding hydrogens is 336 g/mol. The van der Waals surface area contributed by atoms with E-state index < -0.39 is 0 Å². The summed E-state index contributed by atoms with van der Waals surface area (Å²) in [4.78, 5) is 12.2. The van der Waals surface area contributed by atoms with Gasteiger partial charge in [0.05, 0.1) is 11.4 Å². The van der Waals surface area contributed by atoms with Crippen molar-refractivity contribution >= 4 is 37.6 Å². The summed E-state index contributed by atoms with van der Waals surface area (Å²) in [5.41, 5.74) is 0.664. The molecule has 0 aliphatic carbocycles. The van der Waals surface area contributed by atoms with Crippen molar-refractivity contribution in [3.63, 3.8) is 0 Å². The van der Waals surface area contributed by atoms with Gasteiger partial charge in [-0.25, -0.2) is 0 Å². The number of carbonyl (C=O) groups excluding carboxylic acids is 1. The Labute approximate surface area is 111 Å². The first-order valence-corrected chi connectivity index (χ1v) is 6.67. The molecule has 84 valence electrons. The van der Waals surface area contributed by atoms with Crippen molar-refractivity contribution in [1.29, 1.82) is 0 Å². The number of hydrogen-bond acceptors (Lipinski definition) is 2. The van der Waals surface area contributed by atoms with Crippen molar-refractivity contribution < 1.29 is 9.53 Å². The lowest BCUT2D eigenvalue weighted by molar-refractivity contribution is 0.103. The summed E-state index contributed by atoms with van der Waals surface area (Å²) < 4.78 is 5.95. The van der Waals surface area contributed by atoms with Gasteiger partial charge in [0.25, 0.3) is 0 Å². The molecule has 1 unspecified atom stereocenters. The van der Waals surface area contributed by atoms with Crippen molar-refractivity contribution in [3.05, 3.63) is 46.1 Å². The molecule has 1 atom stereocenters. The normalized spacial score (nSPS) is 22.8. The van der Waals surface area contributed by atoms with Gasteiger partial charge in [-0.1, -0.05) is 46.3 Å². The van der Waals surface area contributed by atoms with Gasteiger partial charge in [0, 0.05) is 12.0 Å². The van der Waals surface area contributed by atoms with Gasteiger partial charge in [0.2, 0.25) is 5.78 Å². The summed E-state index contributed by atoms with van der Waals surface area (Å²) in [5, 5.41) is 0. The third-order valence-electron chi connectivity index (χ3n) is 2.37. The number of hydrogen-bond donors (Lipinski definition) is 0. The molecular formula is C12H10Br2O2. The molecule has 1 saturated heterocycles. The number of Topliss-reactive ketones (excluding diaryl/α,β-unsaturated/α-hetero) is 1. The van der Waals surface area contributed by atoms with E-state index in [0.29, 0.717) is 22.4 Å². The highest BCUT2D eigenvalue weighted by atomic mass is 79.9. The maximum absolute atomic E-state index is 12.1. The van der Waals surface area contributed by atoms with Crippen molar-refractivity contribution in [2.45, 2.75) is 11.2 Å². The molecule has 0 amide bonds. The molecule has 0 spiro atoms. The summed E-state index contributed by atoms with van der Waals surface area (Å²) in [7, 11) is 0. The Kier molecular flexibility index (Phi) is 3.82. The van der Waals surface area contributed by atoms with Gasteiger partial charge in [0.1, 0.15) is 10.2 Å². The van der Waals surface area contributed by atoms with E-state index in [1.165, 1.54) is 0 Å². The predicted octanol–water partition coefficient (Wildman–Crippen LogP) is 3.66. The molecule has 0 aromatic heterocycles. The molecule has 1 aliphatic rings. The third kappa shape index (κ3) is 2.38. The summed E-state index contributed by atoms with van der Waals surface area (Å²) >= 11 is 6.80. The molecule has 0 N–H and O–H groups in total. The van der Waals surface area contributed by atoms with Crippen LogP contribution in [0.2, 0.25) is 0 Å². The molecule has 2 rings (SSSR count). The zero-order valence-electron chi connectivity index (χ0n) is 8.45. The number of alkyl halides is 1. The lowest BCUT2D eigenvalue weighted by atomic mass is 10.1. The molecule has 0 radical (unpaired) electrons. The Bertz CT molecular complexity index is 426. The standard InChI is InChI=1S/C12H10Br2O2/c13-9-6-7-16-12(9)10(14)11(15)8-4-2-1-3-5-8/h1-5,9H,6-7H2/b12-10-. The van der Waals surface area contributed by atoms with Crippen molar-refractivity contribution in [3.8, 4) is 0 Å². The summed E-state index contributed by atoms with van der Waals surface area (Å²) in [6.45, 7) is 0.655. The quantitative estimate of drug-likeness (QED) is 0.464. The zero-order valence-corrected chi connectivity index (χ0v) is 11.6. The van der Waals surface area contributed by atoms with Crippen LogP contribution in [0, 0.1) is 0 Å². The first kappa shape index (κ1) is 11.9. The predicted molar refractivity (Wildman–Crippen MR) is 70.0 cm³/mol. The maximum Gasteiger partial charge on any atom is 0.203 e. The first-order chi connectivity index (χ1) is 7.70. The monoisotopic (exact) mass is 344 g/mol. The second-order valence-electron chi connectivity index (χ2n) is 3.48. The van der Waals surface area contributed by atoms with Gasteiger partial charge in [-0.3, -0.25) is 4.79 Å². The number of rotatable bonds is 2. The van der Waals surface area contributed by atoms with Crippen LogP contribution in [-0.4, -0.2) is 17.2 Å². The fourth-order valence-electron chi connectivity index (χ4n) is 1.52. The van der Waals surface area contributed by atoms with Crippen LogP contribution in [0.5, 0.6) is 0 Å². The number of allylic oxidation sites excluding steroid dienone is 2. The minimum Gasteiger partial charge on any atom is -0.495 e. The van der Waals surface area contributed by atoms with E-state index in [1.54, 1.807) is 12.1 Å². The Morgan fingerprint density at radius 1 is 1.31 bits per heavy atom. The Hall–Kier alpha value is -0.610. The number of carbonyl (C=O) groups is 1. The highest BCUT2D eigenvalue weighted by Gasteiger charge is 2.26. The highest BCUT2D eigenvalue weighted by molar-refractivity contribution is 9.12. The minimum atomic E-state index is -0.0399. The van der Waals surface area contributed by atoms with Crippen molar-refractivity contribution in [2.24, 2.45) is 0 Å². The second kappa shape index (κ2) is 5.15. The van der Waals surface area contributed by atoms with Gasteiger partial charge in [-0.05, 0) is 15.9 Å². The molecule has 0 bridgehead atoms. The second-order valence-corrected chi connectivity index (χ2v) is 5.38. The van der Waals surface area contributed by atoms with Gasteiger partial charge in [-0.15, -0.1) is 0 Å². The average Bonchev–Trinajstić information content (AvgIpc) is 2.75. The van der Waals surface area contributed by atoms with Crippen LogP contribution < -0.4 is 0 Å². The average molecular weight is 346 g/mol. The van der Waals surface area contributed by atoms with Crippen molar-refractivity contribution in [1.82, 2.24) is 0 Å². The molecule has 4 heteroatoms. The first-order valence-electron chi connectivity index (χ1n) is 4.96. The van der Waals surface area contributed by atoms with Crippen LogP contribution in [0.1, 0.15) is 16.8 Å². The number of halogens is 2. The van der Waals surface area contributed by atoms with Crippen molar-refractivity contribution in [2.75, 3.05) is 6.61 Å². The Morgan fingerprint density at radius 2 is 2.00 bits per heavy atom. The SMILES string of the molecule is O=C(/C(Br)=C1/OCCC1Br)c1ccccc1. The van der Waals surface area contributed by atoms with E-state index in [4.69, 9.17) is 4.74 Å². The lowest BCUT2D eigenvalue weighted by Gasteiger charge is -2.06. The highest BCUT2D eigenvalue weighted by Crippen LogP contribution is 2.31. The number of ether oxygens (including phenoxy) is 1. The summed E-state index contributed by atoms with van der Waals surface area (Å²) in [6.07, 6.45) is 0.895. The van der Waals surface area contributed by atoms with E-state index >= 15 is 0 Å². The largest absolute Gasteiger partial charge is 0.495 e. The van der Waals surface area contributed by atoms with Crippen LogP contribution in [-0.2, 0) is 4.74 Å². The Morgan fingerprint density at radius 3 is 2.56 bits per heavy atom. The fourth-order valence-corrected chi connectivity index (χ4v) is 3.00. The van der Waals surface area contributed by atoms with E-state index in [0.717, 1.165) is 6.42 Å². The smallest absolute Gasteiger partial charge is 0.203 e. The van der Waals surface area contributed by atoms with Crippen LogP contribution in [0.25, 0.3) is 0 Å². The maximum atomic E-state index is 12.1. The van der Waals surface area contributed by atoms with Gasteiger partial charge >= 0.3 is 0 Å². The van der Waals surface area contributed by atoms with E-state index in [-0.39, 0.29) is 10.6 Å². The summed E-state index contributed by atoms with van der Waals surface area (Å²) in [5.74, 6) is 0.663. The van der Waals surface area contributed by atoms with E-state index in [9.17, 15) is 4.79 Å². The molecule has 2 nitrogen and oxygen atoms in total. The summed E-state index contributed by atoms with van der Waals surface area (Å²) in [6, 6.07) is 9.17. The zero-order chi connectivity index (χ0) is 11.5. The number of benzene rings is 1. The van der Waals surface area contributed by atoms with Crippen LogP contribution in [0.3, 0.4) is 0 Å². The molecule has 0 saturated carbocycles. The molecule has 1 heterocycles. The van der Waals surface area contributed by atoms with Gasteiger partial charge in [-0.2, -0.15) is 0 Å². The fraction of sp³-hybridized carbons (Fsp3) is 0.250. The van der Waals surface area contributed by atoms with E-state index in [2.05, 4.69) is 31.9 Å². The third-order valence-corrected chi connectivity index (χ3v) is 3.99. The molecule has 1 aromatic carbocycles. The molecule has 1 aliphatic heterocycles. The van der Waals surface area contributed by atoms with Gasteiger partial charge < -0.3 is 4.74 Å². The minimum absolute atomic E-state index is 0.0399. The van der Waals surface area contributed by atoms with Crippen LogP contribution in [0.15, 0.2) is 40.6 Å². The number of ketones is 1. The Balaban J connectivity index is 2.29. The lowest BCUT2D eigenvalue weighted by Crippen LogP contribution is -2.05. The topological polar surface area (TPSA) is 26.3 Å².